The van der Waals surface area contributed by atoms with Gasteiger partial charge in [0.1, 0.15) is 0 Å². The fraction of sp³-hybridized carbons (Fsp3) is 0.130. The quantitative estimate of drug-likeness (QED) is 0.490. The summed E-state index contributed by atoms with van der Waals surface area (Å²) in [6.45, 7) is 2.08. The van der Waals surface area contributed by atoms with Gasteiger partial charge in [0.2, 0.25) is 0 Å². The molecule has 160 valence electrons. The number of allylic oxidation sites excluding steroid dienone is 2. The van der Waals surface area contributed by atoms with Crippen LogP contribution in [-0.2, 0) is 6.42 Å². The molecule has 1 aliphatic heterocycles. The number of carbonyl (C=O) groups excluding carboxylic acids is 2. The second-order valence-electron chi connectivity index (χ2n) is 7.66. The minimum atomic E-state index is -3.38. The van der Waals surface area contributed by atoms with E-state index in [1.807, 2.05) is 19.1 Å². The van der Waals surface area contributed by atoms with E-state index >= 15 is 0 Å². The molecule has 1 aromatic carbocycles. The number of nitrogens with one attached hydrogen (secondary N) is 1. The molecular formula is C23H19ClFInN4O2. The zero-order chi connectivity index (χ0) is 22.8. The Bertz CT molecular complexity index is 1310. The molecule has 0 aliphatic carbocycles. The van der Waals surface area contributed by atoms with Crippen LogP contribution in [-0.4, -0.2) is 50.4 Å². The van der Waals surface area contributed by atoms with Crippen molar-refractivity contribution in [2.24, 2.45) is 5.73 Å². The molecule has 0 saturated carbocycles. The van der Waals surface area contributed by atoms with Crippen molar-refractivity contribution in [3.05, 3.63) is 88.9 Å². The molecule has 1 aliphatic rings. The van der Waals surface area contributed by atoms with Crippen molar-refractivity contribution >= 4 is 56.4 Å². The van der Waals surface area contributed by atoms with Crippen LogP contribution in [0.1, 0.15) is 37.5 Å². The predicted octanol–water partition coefficient (Wildman–Crippen LogP) is 3.46. The maximum atomic E-state index is 14.0. The van der Waals surface area contributed by atoms with Gasteiger partial charge in [-0.3, -0.25) is 9.78 Å². The van der Waals surface area contributed by atoms with Gasteiger partial charge in [-0.1, -0.05) is 0 Å². The number of rotatable bonds is 6. The summed E-state index contributed by atoms with van der Waals surface area (Å²) in [6, 6.07) is 8.87. The molecule has 2 aromatic heterocycles. The number of carbonyl (C=O) groups is 2. The molecule has 0 saturated heterocycles. The number of aryl methyl sites for hydroxylation is 1. The third kappa shape index (κ3) is 5.02. The summed E-state index contributed by atoms with van der Waals surface area (Å²) in [5.41, 5.74) is 9.33. The Labute approximate surface area is 197 Å². The van der Waals surface area contributed by atoms with Gasteiger partial charge in [-0.25, -0.2) is 0 Å². The molecule has 0 bridgehead atoms. The Balaban J connectivity index is 1.54. The zero-order valence-corrected chi connectivity index (χ0v) is 21.3. The first-order valence-corrected chi connectivity index (χ1v) is 15.1. The first-order chi connectivity index (χ1) is 15.3. The van der Waals surface area contributed by atoms with Gasteiger partial charge in [0.15, 0.2) is 0 Å². The summed E-state index contributed by atoms with van der Waals surface area (Å²) < 4.78 is 16.1. The molecule has 3 N–H and O–H groups in total. The molecular weight excluding hydrogens is 534 g/mol. The number of benzene rings is 1. The molecule has 0 radical (unpaired) electrons. The Hall–Kier alpha value is -2.71. The Kier molecular flexibility index (Phi) is 6.62. The van der Waals surface area contributed by atoms with Gasteiger partial charge in [-0.15, -0.1) is 0 Å². The van der Waals surface area contributed by atoms with Gasteiger partial charge in [0.25, 0.3) is 0 Å². The molecule has 3 heterocycles. The molecule has 3 aromatic rings. The van der Waals surface area contributed by atoms with E-state index in [0.29, 0.717) is 37.1 Å². The second-order valence-corrected chi connectivity index (χ2v) is 13.5. The minimum absolute atomic E-state index is 0.152. The van der Waals surface area contributed by atoms with Gasteiger partial charge in [-0.2, -0.15) is 0 Å². The van der Waals surface area contributed by atoms with Crippen LogP contribution >= 0.6 is 11.6 Å². The van der Waals surface area contributed by atoms with Crippen LogP contribution in [0.3, 0.4) is 0 Å². The Morgan fingerprint density at radius 2 is 2.03 bits per heavy atom. The SMILES string of the molecule is Cc1cnc2c(C(N)=O)cc(Cc3cc(C(=O)NC[C]4=CC(Cl)=[CH][In]4[F])ccn3)cc2c1. The van der Waals surface area contributed by atoms with Crippen LogP contribution in [0.5, 0.6) is 0 Å². The van der Waals surface area contributed by atoms with E-state index in [1.54, 1.807) is 36.7 Å². The second kappa shape index (κ2) is 9.42. The molecule has 4 rings (SSSR count). The van der Waals surface area contributed by atoms with Crippen molar-refractivity contribution in [1.29, 1.82) is 0 Å². The van der Waals surface area contributed by atoms with Crippen LogP contribution in [0.2, 0.25) is 0 Å². The van der Waals surface area contributed by atoms with Crippen molar-refractivity contribution < 1.29 is 12.3 Å². The number of amides is 2. The van der Waals surface area contributed by atoms with Gasteiger partial charge in [-0.05, 0) is 12.5 Å². The fourth-order valence-corrected chi connectivity index (χ4v) is 8.30. The molecule has 0 atom stereocenters. The van der Waals surface area contributed by atoms with Crippen molar-refractivity contribution in [3.8, 4) is 0 Å². The van der Waals surface area contributed by atoms with Crippen molar-refractivity contribution in [2.75, 3.05) is 6.54 Å². The van der Waals surface area contributed by atoms with Gasteiger partial charge >= 0.3 is 164 Å². The molecule has 0 fully saturated rings. The summed E-state index contributed by atoms with van der Waals surface area (Å²) in [7, 11) is 0. The summed E-state index contributed by atoms with van der Waals surface area (Å²) in [5.74, 6) is -0.867. The van der Waals surface area contributed by atoms with E-state index in [2.05, 4.69) is 15.3 Å². The normalized spacial score (nSPS) is 13.2. The maximum absolute atomic E-state index is 14.0. The molecule has 0 unspecified atom stereocenters. The average molecular weight is 553 g/mol. The van der Waals surface area contributed by atoms with Crippen LogP contribution in [0.15, 0.2) is 61.0 Å². The molecule has 6 nitrogen and oxygen atoms in total. The first-order valence-electron chi connectivity index (χ1n) is 9.94. The third-order valence-corrected chi connectivity index (χ3v) is 10.9. The zero-order valence-electron chi connectivity index (χ0n) is 17.2. The van der Waals surface area contributed by atoms with Crippen molar-refractivity contribution in [2.45, 2.75) is 13.3 Å². The summed E-state index contributed by atoms with van der Waals surface area (Å²) in [4.78, 5) is 33.2. The number of nitrogens with zero attached hydrogens (tertiary/aromatic N) is 2. The van der Waals surface area contributed by atoms with E-state index in [4.69, 9.17) is 17.3 Å². The molecule has 0 spiro atoms. The fourth-order valence-electron chi connectivity index (χ4n) is 3.62. The number of hydrogen-bond acceptors (Lipinski definition) is 4. The van der Waals surface area contributed by atoms with Crippen LogP contribution < -0.4 is 11.1 Å². The number of hydrogen-bond donors (Lipinski definition) is 2. The number of aromatic nitrogens is 2. The number of nitrogens with two attached hydrogens (primary N) is 1. The molecule has 2 amide bonds. The first kappa shape index (κ1) is 22.5. The predicted molar refractivity (Wildman–Crippen MR) is 123 cm³/mol. The molecule has 9 heteroatoms. The number of primary amides is 1. The van der Waals surface area contributed by atoms with Crippen molar-refractivity contribution in [3.63, 3.8) is 0 Å². The van der Waals surface area contributed by atoms with E-state index < -0.39 is 27.9 Å². The van der Waals surface area contributed by atoms with Crippen molar-refractivity contribution in [1.82, 2.24) is 15.3 Å². The van der Waals surface area contributed by atoms with E-state index in [1.165, 1.54) is 3.83 Å². The summed E-state index contributed by atoms with van der Waals surface area (Å²) in [6.07, 6.45) is 5.25. The number of halogens is 2. The van der Waals surface area contributed by atoms with Gasteiger partial charge < -0.3 is 5.73 Å². The van der Waals surface area contributed by atoms with Crippen LogP contribution in [0.4, 0.5) is 2.66 Å². The third-order valence-electron chi connectivity index (χ3n) is 5.15. The van der Waals surface area contributed by atoms with Crippen LogP contribution in [0.25, 0.3) is 10.9 Å². The summed E-state index contributed by atoms with van der Waals surface area (Å²) >= 11 is 2.47. The van der Waals surface area contributed by atoms with E-state index in [-0.39, 0.29) is 12.5 Å². The van der Waals surface area contributed by atoms with Gasteiger partial charge in [0, 0.05) is 6.20 Å². The standard InChI is InChI=1S/C23H19ClN4O2.FH.In/c1-14-8-18-9-16(11-20(22(25)29)21(18)28-13-14)10-19-12-17(5-7-26-19)23(30)27-6-3-4-15(2)24;;/h2,4-5,7-9,11-13H,6,10H2,1H3,(H2,25,29)(H,27,30);1H;/q;;+1/p-1. The summed E-state index contributed by atoms with van der Waals surface area (Å²) in [5, 5.41) is 3.98. The van der Waals surface area contributed by atoms with E-state index in [9.17, 15) is 12.3 Å². The number of pyridine rings is 2. The van der Waals surface area contributed by atoms with E-state index in [0.717, 1.165) is 16.5 Å². The topological polar surface area (TPSA) is 98.0 Å². The monoisotopic (exact) mass is 552 g/mol. The Morgan fingerprint density at radius 1 is 1.22 bits per heavy atom. The molecule has 32 heavy (non-hydrogen) atoms. The Morgan fingerprint density at radius 3 is 2.75 bits per heavy atom. The average Bonchev–Trinajstić information content (AvgIpc) is 3.08. The number of fused-ring (bicyclic) bond motifs is 1. The van der Waals surface area contributed by atoms with Crippen LogP contribution in [0, 0.1) is 6.92 Å². The van der Waals surface area contributed by atoms with Gasteiger partial charge in [0.05, 0.1) is 0 Å².